The molecule has 1 aliphatic heterocycles. The van der Waals surface area contributed by atoms with Gasteiger partial charge in [-0.1, -0.05) is 32.0 Å². The minimum Gasteiger partial charge on any atom is -0.508 e. The molecule has 1 atom stereocenters. The van der Waals surface area contributed by atoms with E-state index < -0.39 is 11.8 Å². The Bertz CT molecular complexity index is 840. The van der Waals surface area contributed by atoms with Crippen LogP contribution in [0.5, 0.6) is 5.75 Å². The number of carbonyl (C=O) groups excluding carboxylic acids is 2. The minimum absolute atomic E-state index is 0.122. The van der Waals surface area contributed by atoms with Crippen molar-refractivity contribution in [2.24, 2.45) is 10.9 Å². The smallest absolute Gasteiger partial charge is 0.240 e. The van der Waals surface area contributed by atoms with E-state index in [-0.39, 0.29) is 17.5 Å². The van der Waals surface area contributed by atoms with Crippen LogP contribution in [-0.2, 0) is 4.79 Å². The number of aliphatic imine (C=N–C) groups is 1. The third-order valence-electron chi connectivity index (χ3n) is 4.02. The molecule has 0 aliphatic carbocycles. The second-order valence-electron chi connectivity index (χ2n) is 6.05. The molecule has 1 amide bonds. The third kappa shape index (κ3) is 2.93. The molecule has 0 spiro atoms. The van der Waals surface area contributed by atoms with Crippen LogP contribution in [0.15, 0.2) is 47.5 Å². The first kappa shape index (κ1) is 15.9. The molecule has 5 heteroatoms. The summed E-state index contributed by atoms with van der Waals surface area (Å²) in [6, 6.07) is 11.9. The number of nitrogens with one attached hydrogen (secondary N) is 1. The van der Waals surface area contributed by atoms with E-state index in [4.69, 9.17) is 0 Å². The summed E-state index contributed by atoms with van der Waals surface area (Å²) >= 11 is 0. The lowest BCUT2D eigenvalue weighted by Crippen LogP contribution is -2.32. The van der Waals surface area contributed by atoms with Gasteiger partial charge in [-0.3, -0.25) is 14.6 Å². The number of hydrogen-bond donors (Lipinski definition) is 2. The molecule has 122 valence electrons. The van der Waals surface area contributed by atoms with Gasteiger partial charge in [-0.05, 0) is 29.7 Å². The maximum atomic E-state index is 12.5. The highest BCUT2D eigenvalue weighted by Crippen LogP contribution is 2.29. The molecule has 0 radical (unpaired) electrons. The largest absolute Gasteiger partial charge is 0.508 e. The predicted molar refractivity (Wildman–Crippen MR) is 93.2 cm³/mol. The molecule has 1 unspecified atom stereocenters. The van der Waals surface area contributed by atoms with Crippen molar-refractivity contribution >= 4 is 29.3 Å². The van der Waals surface area contributed by atoms with Gasteiger partial charge in [0.05, 0.1) is 5.69 Å². The molecule has 0 saturated carbocycles. The highest BCUT2D eigenvalue weighted by atomic mass is 16.3. The van der Waals surface area contributed by atoms with Crippen LogP contribution >= 0.6 is 0 Å². The summed E-state index contributed by atoms with van der Waals surface area (Å²) < 4.78 is 0. The van der Waals surface area contributed by atoms with E-state index in [2.05, 4.69) is 10.3 Å². The molecular formula is C19H18N2O3. The number of benzene rings is 2. The molecule has 2 aromatic rings. The Morgan fingerprint density at radius 1 is 1.21 bits per heavy atom. The molecule has 3 rings (SSSR count). The zero-order valence-corrected chi connectivity index (χ0v) is 13.5. The number of phenols is 1. The van der Waals surface area contributed by atoms with Gasteiger partial charge in [0.2, 0.25) is 5.91 Å². The normalized spacial score (nSPS) is 16.1. The quantitative estimate of drug-likeness (QED) is 0.846. The zero-order valence-electron chi connectivity index (χ0n) is 13.5. The van der Waals surface area contributed by atoms with E-state index in [1.165, 1.54) is 12.3 Å². The Hall–Kier alpha value is -2.95. The Morgan fingerprint density at radius 3 is 2.67 bits per heavy atom. The van der Waals surface area contributed by atoms with Gasteiger partial charge >= 0.3 is 0 Å². The highest BCUT2D eigenvalue weighted by Gasteiger charge is 2.30. The van der Waals surface area contributed by atoms with Crippen LogP contribution in [0.1, 0.15) is 35.7 Å². The first-order valence-corrected chi connectivity index (χ1v) is 7.78. The lowest BCUT2D eigenvalue weighted by atomic mass is 9.94. The fourth-order valence-corrected chi connectivity index (χ4v) is 2.70. The summed E-state index contributed by atoms with van der Waals surface area (Å²) in [6.45, 7) is 3.95. The average Bonchev–Trinajstić information content (AvgIpc) is 2.55. The summed E-state index contributed by atoms with van der Waals surface area (Å²) in [5.74, 6) is -1.40. The van der Waals surface area contributed by atoms with E-state index in [0.717, 1.165) is 5.56 Å². The maximum Gasteiger partial charge on any atom is 0.240 e. The number of hydrogen-bond acceptors (Lipinski definition) is 4. The topological polar surface area (TPSA) is 78.8 Å². The predicted octanol–water partition coefficient (Wildman–Crippen LogP) is 3.67. The Morgan fingerprint density at radius 2 is 1.96 bits per heavy atom. The van der Waals surface area contributed by atoms with Crippen LogP contribution in [0.25, 0.3) is 0 Å². The fourth-order valence-electron chi connectivity index (χ4n) is 2.70. The fraction of sp³-hybridized carbons (Fsp3) is 0.211. The van der Waals surface area contributed by atoms with Crippen LogP contribution in [0.4, 0.5) is 11.4 Å². The monoisotopic (exact) mass is 322 g/mol. The van der Waals surface area contributed by atoms with E-state index in [1.807, 2.05) is 13.8 Å². The number of ketones is 1. The Labute approximate surface area is 140 Å². The summed E-state index contributed by atoms with van der Waals surface area (Å²) in [6.07, 6.45) is 1.36. The Balaban J connectivity index is 1.79. The minimum atomic E-state index is -0.966. The van der Waals surface area contributed by atoms with Crippen molar-refractivity contribution in [2.75, 3.05) is 5.32 Å². The number of amides is 1. The first-order valence-electron chi connectivity index (χ1n) is 7.78. The number of Topliss-reactive ketones (excluding diaryl/α,β-unsaturated/α-hetero) is 1. The van der Waals surface area contributed by atoms with Crippen molar-refractivity contribution in [1.29, 1.82) is 0 Å². The Kier molecular flexibility index (Phi) is 4.16. The summed E-state index contributed by atoms with van der Waals surface area (Å²) in [4.78, 5) is 29.1. The summed E-state index contributed by atoms with van der Waals surface area (Å²) in [5.41, 5.74) is 2.27. The van der Waals surface area contributed by atoms with E-state index in [1.54, 1.807) is 36.4 Å². The number of para-hydroxylation sites is 1. The molecule has 2 aromatic carbocycles. The number of fused-ring (bicyclic) bond motifs is 1. The number of anilines is 1. The molecule has 0 aromatic heterocycles. The average molecular weight is 322 g/mol. The van der Waals surface area contributed by atoms with E-state index in [0.29, 0.717) is 16.9 Å². The van der Waals surface area contributed by atoms with Crippen molar-refractivity contribution in [1.82, 2.24) is 0 Å². The van der Waals surface area contributed by atoms with Crippen LogP contribution in [0.2, 0.25) is 0 Å². The van der Waals surface area contributed by atoms with Crippen LogP contribution in [-0.4, -0.2) is 23.0 Å². The van der Waals surface area contributed by atoms with Gasteiger partial charge in [0.25, 0.3) is 0 Å². The van der Waals surface area contributed by atoms with Gasteiger partial charge in [-0.15, -0.1) is 0 Å². The van der Waals surface area contributed by atoms with E-state index >= 15 is 0 Å². The molecule has 0 bridgehead atoms. The van der Waals surface area contributed by atoms with Crippen LogP contribution in [0, 0.1) is 5.92 Å². The van der Waals surface area contributed by atoms with Crippen molar-refractivity contribution in [3.05, 3.63) is 53.6 Å². The summed E-state index contributed by atoms with van der Waals surface area (Å²) in [5, 5.41) is 12.7. The molecule has 0 saturated heterocycles. The standard InChI is InChI=1S/C19H18N2O3/c1-11(2)13-8-7-12(9-17(13)22)21-19(24)15-10-20-16-6-4-3-5-14(16)18(15)23/h3-11,15,22H,1-2H3,(H,21,24). The second kappa shape index (κ2) is 6.28. The number of carbonyl (C=O) groups is 2. The molecule has 24 heavy (non-hydrogen) atoms. The van der Waals surface area contributed by atoms with Crippen molar-refractivity contribution < 1.29 is 14.7 Å². The lowest BCUT2D eigenvalue weighted by molar-refractivity contribution is -0.116. The second-order valence-corrected chi connectivity index (χ2v) is 6.05. The number of nitrogens with zero attached hydrogens (tertiary/aromatic N) is 1. The zero-order chi connectivity index (χ0) is 17.3. The SMILES string of the molecule is CC(C)c1ccc(NC(=O)C2C=Nc3ccccc3C2=O)cc1O. The molecule has 5 nitrogen and oxygen atoms in total. The van der Waals surface area contributed by atoms with Gasteiger partial charge in [0.15, 0.2) is 5.78 Å². The lowest BCUT2D eigenvalue weighted by Gasteiger charge is -2.17. The summed E-state index contributed by atoms with van der Waals surface area (Å²) in [7, 11) is 0. The van der Waals surface area contributed by atoms with Crippen molar-refractivity contribution in [3.8, 4) is 5.75 Å². The van der Waals surface area contributed by atoms with Crippen molar-refractivity contribution in [3.63, 3.8) is 0 Å². The molecular weight excluding hydrogens is 304 g/mol. The van der Waals surface area contributed by atoms with Crippen molar-refractivity contribution in [2.45, 2.75) is 19.8 Å². The van der Waals surface area contributed by atoms with Crippen LogP contribution < -0.4 is 5.32 Å². The molecule has 1 aliphatic rings. The van der Waals surface area contributed by atoms with Gasteiger partial charge in [-0.2, -0.15) is 0 Å². The molecule has 1 heterocycles. The number of phenolic OH excluding ortho intramolecular Hbond substituents is 1. The maximum absolute atomic E-state index is 12.5. The highest BCUT2D eigenvalue weighted by molar-refractivity contribution is 6.25. The molecule has 0 fully saturated rings. The van der Waals surface area contributed by atoms with E-state index in [9.17, 15) is 14.7 Å². The first-order chi connectivity index (χ1) is 11.5. The van der Waals surface area contributed by atoms with Gasteiger partial charge in [0.1, 0.15) is 11.7 Å². The number of aromatic hydroxyl groups is 1. The third-order valence-corrected chi connectivity index (χ3v) is 4.02. The van der Waals surface area contributed by atoms with Gasteiger partial charge in [0, 0.05) is 23.5 Å². The van der Waals surface area contributed by atoms with Gasteiger partial charge in [-0.25, -0.2) is 0 Å². The molecule has 2 N–H and O–H groups in total. The number of rotatable bonds is 3. The van der Waals surface area contributed by atoms with Crippen LogP contribution in [0.3, 0.4) is 0 Å². The van der Waals surface area contributed by atoms with Gasteiger partial charge < -0.3 is 10.4 Å².